The molecule has 0 aliphatic rings. The molecule has 0 bridgehead atoms. The van der Waals surface area contributed by atoms with E-state index in [9.17, 15) is 4.79 Å². The summed E-state index contributed by atoms with van der Waals surface area (Å²) in [5.41, 5.74) is 2.43. The minimum absolute atomic E-state index is 0.216. The van der Waals surface area contributed by atoms with Gasteiger partial charge >= 0.3 is 6.09 Å². The van der Waals surface area contributed by atoms with Crippen molar-refractivity contribution in [1.82, 2.24) is 9.97 Å². The Bertz CT molecular complexity index is 760. The number of carbonyl (C=O) groups excluding carboxylic acids is 1. The van der Waals surface area contributed by atoms with Crippen molar-refractivity contribution >= 4 is 22.9 Å². The summed E-state index contributed by atoms with van der Waals surface area (Å²) in [5.74, 6) is 0.367. The highest BCUT2D eigenvalue weighted by Crippen LogP contribution is 2.11. The summed E-state index contributed by atoms with van der Waals surface area (Å²) >= 11 is 0. The van der Waals surface area contributed by atoms with E-state index in [1.54, 1.807) is 0 Å². The number of amides is 1. The van der Waals surface area contributed by atoms with E-state index in [1.165, 1.54) is 6.20 Å². The van der Waals surface area contributed by atoms with Crippen LogP contribution in [0.15, 0.2) is 60.8 Å². The fraction of sp³-hybridized carbons (Fsp3) is 0.0625. The molecule has 1 aromatic heterocycles. The average Bonchev–Trinajstić information content (AvgIpc) is 2.54. The molecule has 0 spiro atoms. The van der Waals surface area contributed by atoms with Crippen molar-refractivity contribution in [2.75, 3.05) is 5.32 Å². The van der Waals surface area contributed by atoms with Gasteiger partial charge in [0.15, 0.2) is 5.82 Å². The Morgan fingerprint density at radius 3 is 2.52 bits per heavy atom. The molecule has 0 atom stereocenters. The SMILES string of the molecule is O=C(Nc1cnc2ccccc2n1)OCc1ccccc1. The first-order valence-corrected chi connectivity index (χ1v) is 6.51. The molecule has 0 saturated heterocycles. The number of nitrogens with zero attached hydrogens (tertiary/aromatic N) is 2. The Morgan fingerprint density at radius 2 is 1.71 bits per heavy atom. The lowest BCUT2D eigenvalue weighted by Gasteiger charge is -2.06. The van der Waals surface area contributed by atoms with Crippen molar-refractivity contribution in [3.8, 4) is 0 Å². The Balaban J connectivity index is 1.63. The molecule has 0 radical (unpaired) electrons. The van der Waals surface area contributed by atoms with Gasteiger partial charge in [0.05, 0.1) is 17.2 Å². The van der Waals surface area contributed by atoms with Gasteiger partial charge in [0.2, 0.25) is 0 Å². The van der Waals surface area contributed by atoms with Crippen molar-refractivity contribution < 1.29 is 9.53 Å². The summed E-state index contributed by atoms with van der Waals surface area (Å²) in [6.07, 6.45) is 0.954. The number of benzene rings is 2. The highest BCUT2D eigenvalue weighted by Gasteiger charge is 2.06. The van der Waals surface area contributed by atoms with Gasteiger partial charge in [0.1, 0.15) is 6.61 Å². The lowest BCUT2D eigenvalue weighted by atomic mass is 10.2. The van der Waals surface area contributed by atoms with E-state index >= 15 is 0 Å². The largest absolute Gasteiger partial charge is 0.444 e. The number of rotatable bonds is 3. The molecular formula is C16H13N3O2. The van der Waals surface area contributed by atoms with Gasteiger partial charge in [-0.15, -0.1) is 0 Å². The van der Waals surface area contributed by atoms with E-state index in [-0.39, 0.29) is 6.61 Å². The Kier molecular flexibility index (Phi) is 3.73. The molecule has 0 aliphatic heterocycles. The molecule has 3 rings (SSSR count). The van der Waals surface area contributed by atoms with E-state index in [0.717, 1.165) is 16.6 Å². The summed E-state index contributed by atoms with van der Waals surface area (Å²) in [5, 5.41) is 2.57. The van der Waals surface area contributed by atoms with E-state index in [4.69, 9.17) is 4.74 Å². The van der Waals surface area contributed by atoms with Crippen LogP contribution in [0, 0.1) is 0 Å². The van der Waals surface area contributed by atoms with Crippen molar-refractivity contribution in [2.24, 2.45) is 0 Å². The quantitative estimate of drug-likeness (QED) is 0.798. The van der Waals surface area contributed by atoms with E-state index in [0.29, 0.717) is 5.82 Å². The number of ether oxygens (including phenoxy) is 1. The fourth-order valence-corrected chi connectivity index (χ4v) is 1.88. The van der Waals surface area contributed by atoms with Crippen LogP contribution in [0.25, 0.3) is 11.0 Å². The summed E-state index contributed by atoms with van der Waals surface area (Å²) in [7, 11) is 0. The van der Waals surface area contributed by atoms with Crippen molar-refractivity contribution in [3.05, 3.63) is 66.4 Å². The summed E-state index contributed by atoms with van der Waals surface area (Å²) < 4.78 is 5.13. The van der Waals surface area contributed by atoms with Gasteiger partial charge in [-0.05, 0) is 17.7 Å². The normalized spacial score (nSPS) is 10.3. The van der Waals surface area contributed by atoms with Gasteiger partial charge in [-0.2, -0.15) is 0 Å². The van der Waals surface area contributed by atoms with Gasteiger partial charge < -0.3 is 4.74 Å². The molecule has 0 fully saturated rings. The monoisotopic (exact) mass is 279 g/mol. The average molecular weight is 279 g/mol. The van der Waals surface area contributed by atoms with Crippen LogP contribution < -0.4 is 5.32 Å². The van der Waals surface area contributed by atoms with Crippen LogP contribution in [0.3, 0.4) is 0 Å². The van der Waals surface area contributed by atoms with Crippen LogP contribution in [0.2, 0.25) is 0 Å². The second kappa shape index (κ2) is 6.00. The molecule has 5 heteroatoms. The highest BCUT2D eigenvalue weighted by atomic mass is 16.5. The smallest absolute Gasteiger partial charge is 0.413 e. The second-order valence-electron chi connectivity index (χ2n) is 4.43. The minimum atomic E-state index is -0.552. The Labute approximate surface area is 121 Å². The van der Waals surface area contributed by atoms with Gasteiger partial charge in [-0.1, -0.05) is 42.5 Å². The molecule has 1 amide bonds. The molecule has 1 N–H and O–H groups in total. The molecule has 104 valence electrons. The Morgan fingerprint density at radius 1 is 1.00 bits per heavy atom. The Hall–Kier alpha value is -2.95. The predicted molar refractivity (Wildman–Crippen MR) is 79.8 cm³/mol. The molecule has 1 heterocycles. The molecule has 21 heavy (non-hydrogen) atoms. The van der Waals surface area contributed by atoms with Crippen molar-refractivity contribution in [3.63, 3.8) is 0 Å². The maximum Gasteiger partial charge on any atom is 0.413 e. The summed E-state index contributed by atoms with van der Waals surface area (Å²) in [6, 6.07) is 16.9. The van der Waals surface area contributed by atoms with Gasteiger partial charge in [0, 0.05) is 0 Å². The number of nitrogens with one attached hydrogen (secondary N) is 1. The molecule has 0 unspecified atom stereocenters. The first-order chi connectivity index (χ1) is 10.3. The van der Waals surface area contributed by atoms with Gasteiger partial charge in [-0.3, -0.25) is 10.3 Å². The third-order valence-corrected chi connectivity index (χ3v) is 2.89. The molecular weight excluding hydrogens is 266 g/mol. The van der Waals surface area contributed by atoms with Crippen molar-refractivity contribution in [2.45, 2.75) is 6.61 Å². The van der Waals surface area contributed by atoms with Crippen LogP contribution in [0.5, 0.6) is 0 Å². The first kappa shape index (κ1) is 13.1. The second-order valence-corrected chi connectivity index (χ2v) is 4.43. The zero-order valence-corrected chi connectivity index (χ0v) is 11.2. The zero-order chi connectivity index (χ0) is 14.5. The number of hydrogen-bond acceptors (Lipinski definition) is 4. The zero-order valence-electron chi connectivity index (χ0n) is 11.2. The van der Waals surface area contributed by atoms with E-state index in [2.05, 4.69) is 15.3 Å². The van der Waals surface area contributed by atoms with Gasteiger partial charge in [0.25, 0.3) is 0 Å². The number of hydrogen-bond donors (Lipinski definition) is 1. The first-order valence-electron chi connectivity index (χ1n) is 6.51. The lowest BCUT2D eigenvalue weighted by molar-refractivity contribution is 0.155. The number of para-hydroxylation sites is 2. The molecule has 0 aliphatic carbocycles. The summed E-state index contributed by atoms with van der Waals surface area (Å²) in [6.45, 7) is 0.216. The topological polar surface area (TPSA) is 64.1 Å². The van der Waals surface area contributed by atoms with Crippen molar-refractivity contribution in [1.29, 1.82) is 0 Å². The predicted octanol–water partition coefficient (Wildman–Crippen LogP) is 3.38. The van der Waals surface area contributed by atoms with E-state index in [1.807, 2.05) is 54.6 Å². The molecule has 3 aromatic rings. The van der Waals surface area contributed by atoms with Crippen LogP contribution in [0.4, 0.5) is 10.6 Å². The fourth-order valence-electron chi connectivity index (χ4n) is 1.88. The standard InChI is InChI=1S/C16H13N3O2/c20-16(21-11-12-6-2-1-3-7-12)19-15-10-17-13-8-4-5-9-14(13)18-15/h1-10H,11H2,(H,18,19,20). The number of aromatic nitrogens is 2. The highest BCUT2D eigenvalue weighted by molar-refractivity contribution is 5.85. The van der Waals surface area contributed by atoms with Crippen LogP contribution in [0.1, 0.15) is 5.56 Å². The molecule has 2 aromatic carbocycles. The van der Waals surface area contributed by atoms with Crippen LogP contribution >= 0.6 is 0 Å². The van der Waals surface area contributed by atoms with Gasteiger partial charge in [-0.25, -0.2) is 9.78 Å². The maximum atomic E-state index is 11.7. The summed E-state index contributed by atoms with van der Waals surface area (Å²) in [4.78, 5) is 20.2. The van der Waals surface area contributed by atoms with Crippen LogP contribution in [-0.4, -0.2) is 16.1 Å². The number of fused-ring (bicyclic) bond motifs is 1. The minimum Gasteiger partial charge on any atom is -0.444 e. The van der Waals surface area contributed by atoms with Crippen LogP contribution in [-0.2, 0) is 11.3 Å². The van der Waals surface area contributed by atoms with E-state index < -0.39 is 6.09 Å². The molecule has 0 saturated carbocycles. The third kappa shape index (κ3) is 3.33. The third-order valence-electron chi connectivity index (χ3n) is 2.89. The molecule has 5 nitrogen and oxygen atoms in total. The lowest BCUT2D eigenvalue weighted by Crippen LogP contribution is -2.14. The number of carbonyl (C=O) groups is 1. The maximum absolute atomic E-state index is 11.7. The number of anilines is 1.